The first kappa shape index (κ1) is 12.9. The quantitative estimate of drug-likeness (QED) is 0.313. The maximum Gasteiger partial charge on any atom is 0.203 e. The van der Waals surface area contributed by atoms with Crippen LogP contribution in [0.3, 0.4) is 0 Å². The number of hydrogen-bond donors (Lipinski definition) is 3. The summed E-state index contributed by atoms with van der Waals surface area (Å²) < 4.78 is 0. The van der Waals surface area contributed by atoms with E-state index in [-0.39, 0.29) is 6.04 Å². The maximum absolute atomic E-state index is 5.60. The van der Waals surface area contributed by atoms with Crippen molar-refractivity contribution < 1.29 is 0 Å². The number of piperidine rings is 1. The summed E-state index contributed by atoms with van der Waals surface area (Å²) in [5.41, 5.74) is 9.32. The first-order chi connectivity index (χ1) is 8.78. The minimum atomic E-state index is 0.249. The van der Waals surface area contributed by atoms with Gasteiger partial charge in [-0.3, -0.25) is 10.3 Å². The first-order valence-corrected chi connectivity index (χ1v) is 6.34. The summed E-state index contributed by atoms with van der Waals surface area (Å²) >= 11 is 0. The van der Waals surface area contributed by atoms with Crippen molar-refractivity contribution in [3.8, 4) is 0 Å². The molecule has 0 spiro atoms. The predicted octanol–water partition coefficient (Wildman–Crippen LogP) is 0.429. The summed E-state index contributed by atoms with van der Waals surface area (Å²) in [5, 5.41) is 0. The van der Waals surface area contributed by atoms with Gasteiger partial charge in [0.1, 0.15) is 0 Å². The highest BCUT2D eigenvalue weighted by Gasteiger charge is 2.19. The van der Waals surface area contributed by atoms with E-state index in [0.717, 1.165) is 32.5 Å². The molecule has 1 fully saturated rings. The molecule has 1 atom stereocenters. The van der Waals surface area contributed by atoms with Crippen LogP contribution in [-0.2, 0) is 6.54 Å². The molecule has 0 aliphatic carbocycles. The van der Waals surface area contributed by atoms with E-state index < -0.39 is 0 Å². The van der Waals surface area contributed by atoms with Crippen molar-refractivity contribution in [2.45, 2.75) is 25.4 Å². The number of benzene rings is 1. The fourth-order valence-electron chi connectivity index (χ4n) is 2.36. The lowest BCUT2D eigenvalue weighted by Crippen LogP contribution is -2.42. The van der Waals surface area contributed by atoms with Gasteiger partial charge in [-0.2, -0.15) is 0 Å². The Bertz CT molecular complexity index is 390. The lowest BCUT2D eigenvalue weighted by molar-refractivity contribution is 0.202. The van der Waals surface area contributed by atoms with Crippen molar-refractivity contribution >= 4 is 5.96 Å². The average molecular weight is 247 g/mol. The highest BCUT2D eigenvalue weighted by molar-refractivity contribution is 5.77. The highest BCUT2D eigenvalue weighted by Crippen LogP contribution is 2.15. The zero-order chi connectivity index (χ0) is 12.8. The third-order valence-electron chi connectivity index (χ3n) is 3.20. The Balaban J connectivity index is 1.91. The van der Waals surface area contributed by atoms with Crippen molar-refractivity contribution in [3.63, 3.8) is 0 Å². The van der Waals surface area contributed by atoms with Crippen molar-refractivity contribution in [2.75, 3.05) is 13.1 Å². The van der Waals surface area contributed by atoms with Crippen LogP contribution in [0.1, 0.15) is 18.4 Å². The maximum atomic E-state index is 5.60. The Labute approximate surface area is 108 Å². The molecule has 0 bridgehead atoms. The van der Waals surface area contributed by atoms with Gasteiger partial charge < -0.3 is 5.73 Å². The SMILES string of the molecule is NNC(N)=NC1CCCN(Cc2ccccc2)C1. The van der Waals surface area contributed by atoms with E-state index in [4.69, 9.17) is 11.6 Å². The second-order valence-electron chi connectivity index (χ2n) is 4.68. The van der Waals surface area contributed by atoms with Gasteiger partial charge >= 0.3 is 0 Å². The van der Waals surface area contributed by atoms with E-state index in [0.29, 0.717) is 5.96 Å². The molecule has 1 saturated heterocycles. The Morgan fingerprint density at radius 2 is 2.17 bits per heavy atom. The zero-order valence-electron chi connectivity index (χ0n) is 10.5. The summed E-state index contributed by atoms with van der Waals surface area (Å²) in [7, 11) is 0. The smallest absolute Gasteiger partial charge is 0.203 e. The fourth-order valence-corrected chi connectivity index (χ4v) is 2.36. The van der Waals surface area contributed by atoms with Crippen molar-refractivity contribution in [1.82, 2.24) is 10.3 Å². The van der Waals surface area contributed by atoms with Crippen LogP contribution in [0.5, 0.6) is 0 Å². The Morgan fingerprint density at radius 3 is 2.89 bits per heavy atom. The van der Waals surface area contributed by atoms with Crippen molar-refractivity contribution in [3.05, 3.63) is 35.9 Å². The van der Waals surface area contributed by atoms with E-state index in [1.54, 1.807) is 0 Å². The number of nitrogens with zero attached hydrogens (tertiary/aromatic N) is 2. The number of guanidine groups is 1. The summed E-state index contributed by atoms with van der Waals surface area (Å²) in [5.74, 6) is 5.55. The van der Waals surface area contributed by atoms with E-state index in [1.807, 2.05) is 6.07 Å². The molecular formula is C13H21N5. The van der Waals surface area contributed by atoms with Gasteiger partial charge in [-0.15, -0.1) is 0 Å². The molecule has 0 aromatic heterocycles. The fraction of sp³-hybridized carbons (Fsp3) is 0.462. The molecule has 0 saturated carbocycles. The van der Waals surface area contributed by atoms with E-state index in [1.165, 1.54) is 5.56 Å². The normalized spacial score (nSPS) is 21.8. The number of likely N-dealkylation sites (tertiary alicyclic amines) is 1. The standard InChI is InChI=1S/C13H21N5/c14-13(17-15)16-12-7-4-8-18(10-12)9-11-5-2-1-3-6-11/h1-3,5-6,12H,4,7-10,15H2,(H3,14,16,17). The number of hydrazine groups is 1. The van der Waals surface area contributed by atoms with Gasteiger partial charge in [0.2, 0.25) is 5.96 Å². The van der Waals surface area contributed by atoms with Crippen LogP contribution in [-0.4, -0.2) is 30.0 Å². The molecule has 0 radical (unpaired) electrons. The second kappa shape index (κ2) is 6.37. The minimum absolute atomic E-state index is 0.249. The molecule has 1 aromatic carbocycles. The number of nitrogens with one attached hydrogen (secondary N) is 1. The van der Waals surface area contributed by atoms with Crippen LogP contribution in [0.2, 0.25) is 0 Å². The molecule has 98 valence electrons. The molecule has 5 heteroatoms. The lowest BCUT2D eigenvalue weighted by atomic mass is 10.1. The molecule has 5 N–H and O–H groups in total. The summed E-state index contributed by atoms with van der Waals surface area (Å²) in [6.07, 6.45) is 2.23. The van der Waals surface area contributed by atoms with Crippen molar-refractivity contribution in [2.24, 2.45) is 16.6 Å². The Kier molecular flexibility index (Phi) is 4.55. The Hall–Kier alpha value is -1.59. The van der Waals surface area contributed by atoms with E-state index >= 15 is 0 Å². The van der Waals surface area contributed by atoms with Gasteiger partial charge in [-0.05, 0) is 24.9 Å². The van der Waals surface area contributed by atoms with Crippen LogP contribution in [0.25, 0.3) is 0 Å². The van der Waals surface area contributed by atoms with E-state index in [2.05, 4.69) is 39.6 Å². The van der Waals surface area contributed by atoms with Gasteiger partial charge in [0, 0.05) is 13.1 Å². The molecule has 1 unspecified atom stereocenters. The minimum Gasteiger partial charge on any atom is -0.369 e. The number of hydrogen-bond acceptors (Lipinski definition) is 3. The average Bonchev–Trinajstić information content (AvgIpc) is 2.40. The van der Waals surface area contributed by atoms with Gasteiger partial charge in [-0.1, -0.05) is 30.3 Å². The largest absolute Gasteiger partial charge is 0.369 e. The molecule has 5 nitrogen and oxygen atoms in total. The summed E-state index contributed by atoms with van der Waals surface area (Å²) in [6.45, 7) is 3.04. The van der Waals surface area contributed by atoms with Crippen LogP contribution < -0.4 is 17.0 Å². The van der Waals surface area contributed by atoms with Crippen LogP contribution in [0.15, 0.2) is 35.3 Å². The molecule has 2 rings (SSSR count). The van der Waals surface area contributed by atoms with Crippen molar-refractivity contribution in [1.29, 1.82) is 0 Å². The van der Waals surface area contributed by atoms with Gasteiger partial charge in [0.15, 0.2) is 0 Å². The number of nitrogens with two attached hydrogens (primary N) is 2. The first-order valence-electron chi connectivity index (χ1n) is 6.34. The summed E-state index contributed by atoms with van der Waals surface area (Å²) in [6, 6.07) is 10.8. The molecule has 1 aromatic rings. The molecule has 0 amide bonds. The molecular weight excluding hydrogens is 226 g/mol. The lowest BCUT2D eigenvalue weighted by Gasteiger charge is -2.30. The number of rotatable bonds is 3. The van der Waals surface area contributed by atoms with Crippen LogP contribution in [0, 0.1) is 0 Å². The van der Waals surface area contributed by atoms with Gasteiger partial charge in [0.25, 0.3) is 0 Å². The molecule has 1 aliphatic heterocycles. The van der Waals surface area contributed by atoms with Gasteiger partial charge in [0.05, 0.1) is 6.04 Å². The second-order valence-corrected chi connectivity index (χ2v) is 4.68. The zero-order valence-corrected chi connectivity index (χ0v) is 10.5. The number of aliphatic imine (C=N–C) groups is 1. The molecule has 18 heavy (non-hydrogen) atoms. The van der Waals surface area contributed by atoms with Gasteiger partial charge in [-0.25, -0.2) is 10.8 Å². The predicted molar refractivity (Wildman–Crippen MR) is 73.7 cm³/mol. The topological polar surface area (TPSA) is 79.7 Å². The molecule has 1 heterocycles. The third kappa shape index (κ3) is 3.72. The molecule has 1 aliphatic rings. The summed E-state index contributed by atoms with van der Waals surface area (Å²) in [4.78, 5) is 6.78. The van der Waals surface area contributed by atoms with E-state index in [9.17, 15) is 0 Å². The monoisotopic (exact) mass is 247 g/mol. The third-order valence-corrected chi connectivity index (χ3v) is 3.20. The Morgan fingerprint density at radius 1 is 1.39 bits per heavy atom. The highest BCUT2D eigenvalue weighted by atomic mass is 15.3. The van der Waals surface area contributed by atoms with Crippen LogP contribution >= 0.6 is 0 Å². The van der Waals surface area contributed by atoms with Crippen LogP contribution in [0.4, 0.5) is 0 Å².